The highest BCUT2D eigenvalue weighted by Crippen LogP contribution is 2.22. The van der Waals surface area contributed by atoms with E-state index in [0.29, 0.717) is 13.0 Å². The summed E-state index contributed by atoms with van der Waals surface area (Å²) in [7, 11) is 0. The van der Waals surface area contributed by atoms with Crippen molar-refractivity contribution in [2.45, 2.75) is 38.6 Å². The minimum atomic E-state index is -0.103. The Balaban J connectivity index is 1.92. The number of rotatable bonds is 4. The lowest BCUT2D eigenvalue weighted by molar-refractivity contribution is -0.135. The van der Waals surface area contributed by atoms with Gasteiger partial charge in [0.25, 0.3) is 0 Å². The zero-order valence-corrected chi connectivity index (χ0v) is 13.9. The Morgan fingerprint density at radius 3 is 2.86 bits per heavy atom. The summed E-state index contributed by atoms with van der Waals surface area (Å²) in [6.07, 6.45) is 3.55. The van der Waals surface area contributed by atoms with Gasteiger partial charge in [-0.05, 0) is 31.4 Å². The summed E-state index contributed by atoms with van der Waals surface area (Å²) in [5.74, 6) is -0.00954. The molecular formula is C16H21BrN2O2. The summed E-state index contributed by atoms with van der Waals surface area (Å²) in [6, 6.07) is 7.73. The van der Waals surface area contributed by atoms with Crippen LogP contribution in [0.4, 0.5) is 0 Å². The standard InChI is InChI=1S/C16H21BrN2O2/c1-12(13-7-4-5-8-14(13)17)18-15(20)11-19-10-6-2-3-9-16(19)21/h4-5,7-8,12H,2-3,6,9-11H2,1H3,(H,18,20). The van der Waals surface area contributed by atoms with Crippen LogP contribution < -0.4 is 5.32 Å². The molecule has 0 aromatic heterocycles. The fourth-order valence-electron chi connectivity index (χ4n) is 2.57. The Hall–Kier alpha value is -1.36. The Labute approximate surface area is 134 Å². The van der Waals surface area contributed by atoms with Crippen LogP contribution in [-0.2, 0) is 9.59 Å². The van der Waals surface area contributed by atoms with Crippen molar-refractivity contribution in [3.63, 3.8) is 0 Å². The molecule has 0 bridgehead atoms. The van der Waals surface area contributed by atoms with Crippen LogP contribution in [0.5, 0.6) is 0 Å². The van der Waals surface area contributed by atoms with Crippen LogP contribution in [0.25, 0.3) is 0 Å². The number of benzene rings is 1. The number of hydrogen-bond donors (Lipinski definition) is 1. The molecule has 4 nitrogen and oxygen atoms in total. The van der Waals surface area contributed by atoms with Crippen molar-refractivity contribution < 1.29 is 9.59 Å². The van der Waals surface area contributed by atoms with E-state index in [1.54, 1.807) is 4.90 Å². The molecule has 1 atom stereocenters. The van der Waals surface area contributed by atoms with Gasteiger partial charge in [-0.25, -0.2) is 0 Å². The summed E-state index contributed by atoms with van der Waals surface area (Å²) in [5, 5.41) is 2.96. The van der Waals surface area contributed by atoms with Crippen LogP contribution in [0.2, 0.25) is 0 Å². The lowest BCUT2D eigenvalue weighted by Crippen LogP contribution is -2.41. The molecule has 1 unspecified atom stereocenters. The minimum absolute atomic E-state index is 0.0878. The maximum Gasteiger partial charge on any atom is 0.240 e. The maximum absolute atomic E-state index is 12.1. The maximum atomic E-state index is 12.1. The molecule has 1 saturated heterocycles. The van der Waals surface area contributed by atoms with Crippen LogP contribution >= 0.6 is 15.9 Å². The normalized spacial score (nSPS) is 17.2. The van der Waals surface area contributed by atoms with E-state index in [1.807, 2.05) is 31.2 Å². The first-order chi connectivity index (χ1) is 10.1. The van der Waals surface area contributed by atoms with Gasteiger partial charge in [0.05, 0.1) is 12.6 Å². The smallest absolute Gasteiger partial charge is 0.240 e. The molecule has 1 fully saturated rings. The third kappa shape index (κ3) is 4.56. The van der Waals surface area contributed by atoms with Gasteiger partial charge in [0, 0.05) is 17.4 Å². The van der Waals surface area contributed by atoms with Crippen LogP contribution in [0.1, 0.15) is 44.2 Å². The zero-order valence-electron chi connectivity index (χ0n) is 12.3. The Bertz CT molecular complexity index is 519. The zero-order chi connectivity index (χ0) is 15.2. The third-order valence-electron chi connectivity index (χ3n) is 3.76. The van der Waals surface area contributed by atoms with Crippen molar-refractivity contribution in [1.29, 1.82) is 0 Å². The molecule has 0 spiro atoms. The second kappa shape index (κ2) is 7.59. The monoisotopic (exact) mass is 352 g/mol. The van der Waals surface area contributed by atoms with Gasteiger partial charge >= 0.3 is 0 Å². The van der Waals surface area contributed by atoms with Gasteiger partial charge in [-0.2, -0.15) is 0 Å². The van der Waals surface area contributed by atoms with Gasteiger partial charge in [0.2, 0.25) is 11.8 Å². The molecule has 0 saturated carbocycles. The average molecular weight is 353 g/mol. The summed E-state index contributed by atoms with van der Waals surface area (Å²) < 4.78 is 0.976. The van der Waals surface area contributed by atoms with Crippen LogP contribution in [0.15, 0.2) is 28.7 Å². The molecule has 0 radical (unpaired) electrons. The predicted octanol–water partition coefficient (Wildman–Crippen LogP) is 3.03. The van der Waals surface area contributed by atoms with Gasteiger partial charge in [0.15, 0.2) is 0 Å². The lowest BCUT2D eigenvalue weighted by Gasteiger charge is -2.22. The number of nitrogens with zero attached hydrogens (tertiary/aromatic N) is 1. The minimum Gasteiger partial charge on any atom is -0.348 e. The first-order valence-electron chi connectivity index (χ1n) is 7.39. The number of carbonyl (C=O) groups is 2. The second-order valence-electron chi connectivity index (χ2n) is 5.44. The summed E-state index contributed by atoms with van der Waals surface area (Å²) in [6.45, 7) is 2.80. The lowest BCUT2D eigenvalue weighted by atomic mass is 10.1. The highest BCUT2D eigenvalue weighted by atomic mass is 79.9. The quantitative estimate of drug-likeness (QED) is 0.905. The van der Waals surface area contributed by atoms with Crippen molar-refractivity contribution >= 4 is 27.7 Å². The van der Waals surface area contributed by atoms with Crippen LogP contribution in [0.3, 0.4) is 0 Å². The largest absolute Gasteiger partial charge is 0.348 e. The van der Waals surface area contributed by atoms with Crippen LogP contribution in [0, 0.1) is 0 Å². The molecule has 2 rings (SSSR count). The number of hydrogen-bond acceptors (Lipinski definition) is 2. The molecule has 2 amide bonds. The third-order valence-corrected chi connectivity index (χ3v) is 4.48. The number of carbonyl (C=O) groups excluding carboxylic acids is 2. The molecular weight excluding hydrogens is 332 g/mol. The molecule has 21 heavy (non-hydrogen) atoms. The van der Waals surface area contributed by atoms with E-state index in [4.69, 9.17) is 0 Å². The summed E-state index contributed by atoms with van der Waals surface area (Å²) in [4.78, 5) is 25.7. The molecule has 1 heterocycles. The van der Waals surface area contributed by atoms with E-state index >= 15 is 0 Å². The topological polar surface area (TPSA) is 49.4 Å². The fourth-order valence-corrected chi connectivity index (χ4v) is 3.20. The first kappa shape index (κ1) is 16.0. The Morgan fingerprint density at radius 1 is 1.33 bits per heavy atom. The number of amides is 2. The molecule has 1 aromatic carbocycles. The molecule has 1 aromatic rings. The van der Waals surface area contributed by atoms with Gasteiger partial charge in [-0.3, -0.25) is 9.59 Å². The Morgan fingerprint density at radius 2 is 2.10 bits per heavy atom. The molecule has 1 N–H and O–H groups in total. The molecule has 0 aliphatic carbocycles. The van der Waals surface area contributed by atoms with Crippen molar-refractivity contribution in [2.24, 2.45) is 0 Å². The van der Waals surface area contributed by atoms with Crippen molar-refractivity contribution in [3.8, 4) is 0 Å². The summed E-state index contributed by atoms with van der Waals surface area (Å²) in [5.41, 5.74) is 1.04. The van der Waals surface area contributed by atoms with Gasteiger partial charge in [-0.1, -0.05) is 40.5 Å². The number of halogens is 1. The number of likely N-dealkylation sites (tertiary alicyclic amines) is 1. The highest BCUT2D eigenvalue weighted by molar-refractivity contribution is 9.10. The second-order valence-corrected chi connectivity index (χ2v) is 6.29. The van der Waals surface area contributed by atoms with Crippen molar-refractivity contribution in [1.82, 2.24) is 10.2 Å². The van der Waals surface area contributed by atoms with Crippen molar-refractivity contribution in [2.75, 3.05) is 13.1 Å². The predicted molar refractivity (Wildman–Crippen MR) is 85.7 cm³/mol. The van der Waals surface area contributed by atoms with E-state index in [9.17, 15) is 9.59 Å². The number of nitrogens with one attached hydrogen (secondary N) is 1. The van der Waals surface area contributed by atoms with Crippen molar-refractivity contribution in [3.05, 3.63) is 34.3 Å². The van der Waals surface area contributed by atoms with E-state index in [1.165, 1.54) is 0 Å². The SMILES string of the molecule is CC(NC(=O)CN1CCCCCC1=O)c1ccccc1Br. The average Bonchev–Trinajstić information content (AvgIpc) is 2.64. The van der Waals surface area contributed by atoms with Gasteiger partial charge in [-0.15, -0.1) is 0 Å². The molecule has 1 aliphatic rings. The van der Waals surface area contributed by atoms with Crippen LogP contribution in [-0.4, -0.2) is 29.8 Å². The summed E-state index contributed by atoms with van der Waals surface area (Å²) >= 11 is 3.49. The van der Waals surface area contributed by atoms with E-state index < -0.39 is 0 Å². The van der Waals surface area contributed by atoms with E-state index in [-0.39, 0.29) is 24.4 Å². The fraction of sp³-hybridized carbons (Fsp3) is 0.500. The highest BCUT2D eigenvalue weighted by Gasteiger charge is 2.20. The van der Waals surface area contributed by atoms with Gasteiger partial charge in [0.1, 0.15) is 0 Å². The molecule has 5 heteroatoms. The van der Waals surface area contributed by atoms with E-state index in [2.05, 4.69) is 21.2 Å². The Kier molecular flexibility index (Phi) is 5.79. The molecule has 114 valence electrons. The van der Waals surface area contributed by atoms with E-state index in [0.717, 1.165) is 29.3 Å². The molecule has 1 aliphatic heterocycles. The van der Waals surface area contributed by atoms with Gasteiger partial charge < -0.3 is 10.2 Å². The first-order valence-corrected chi connectivity index (χ1v) is 8.19.